The highest BCUT2D eigenvalue weighted by Gasteiger charge is 2.25. The predicted molar refractivity (Wildman–Crippen MR) is 105 cm³/mol. The van der Waals surface area contributed by atoms with Crippen molar-refractivity contribution in [1.82, 2.24) is 24.6 Å². The Bertz CT molecular complexity index is 969. The fourth-order valence-electron chi connectivity index (χ4n) is 3.33. The molecule has 0 N–H and O–H groups in total. The lowest BCUT2D eigenvalue weighted by molar-refractivity contribution is -0.132. The van der Waals surface area contributed by atoms with Crippen molar-refractivity contribution in [3.63, 3.8) is 0 Å². The van der Waals surface area contributed by atoms with Crippen molar-refractivity contribution < 1.29 is 13.9 Å². The van der Waals surface area contributed by atoms with E-state index in [1.54, 1.807) is 59.4 Å². The van der Waals surface area contributed by atoms with E-state index in [9.17, 15) is 4.79 Å². The second-order valence-electron chi connectivity index (χ2n) is 6.66. The second kappa shape index (κ2) is 8.26. The number of carbonyl (C=O) groups excluding carboxylic acids is 1. The van der Waals surface area contributed by atoms with Crippen molar-refractivity contribution >= 4 is 11.7 Å². The minimum absolute atomic E-state index is 0.00423. The number of nitrogens with zero attached hydrogens (tertiary/aromatic N) is 6. The summed E-state index contributed by atoms with van der Waals surface area (Å²) in [6.45, 7) is 2.21. The molecule has 1 saturated heterocycles. The molecule has 1 aromatic carbocycles. The molecule has 4 rings (SSSR count). The summed E-state index contributed by atoms with van der Waals surface area (Å²) >= 11 is 0. The van der Waals surface area contributed by atoms with Gasteiger partial charge in [0.05, 0.1) is 7.11 Å². The van der Waals surface area contributed by atoms with E-state index < -0.39 is 5.82 Å². The molecular formula is C20H21FN6O2. The van der Waals surface area contributed by atoms with E-state index in [0.29, 0.717) is 37.5 Å². The summed E-state index contributed by atoms with van der Waals surface area (Å²) in [5.74, 6) is 0.480. The molecule has 0 aliphatic carbocycles. The monoisotopic (exact) mass is 396 g/mol. The summed E-state index contributed by atoms with van der Waals surface area (Å²) in [5, 5.41) is 4.06. The summed E-state index contributed by atoms with van der Waals surface area (Å²) in [5.41, 5.74) is 0.898. The normalized spacial score (nSPS) is 14.1. The van der Waals surface area contributed by atoms with E-state index >= 15 is 4.39 Å². The standard InChI is InChI=1S/C20H21FN6O2/c1-29-16-5-3-15(4-6-16)19-18(21)20(23-14-22-19)26-11-9-25(10-12-26)17(28)13-27-8-2-7-24-27/h2-8,14H,9-13H2,1H3. The third kappa shape index (κ3) is 4.03. The van der Waals surface area contributed by atoms with E-state index in [1.807, 2.05) is 4.90 Å². The molecule has 9 heteroatoms. The Kier molecular flexibility index (Phi) is 5.37. The predicted octanol–water partition coefficient (Wildman–Crippen LogP) is 1.84. The van der Waals surface area contributed by atoms with Crippen LogP contribution < -0.4 is 9.64 Å². The number of anilines is 1. The number of hydrogen-bond acceptors (Lipinski definition) is 6. The number of carbonyl (C=O) groups is 1. The SMILES string of the molecule is COc1ccc(-c2ncnc(N3CCN(C(=O)Cn4cccn4)CC3)c2F)cc1. The molecule has 29 heavy (non-hydrogen) atoms. The summed E-state index contributed by atoms with van der Waals surface area (Å²) in [6.07, 6.45) is 4.77. The summed E-state index contributed by atoms with van der Waals surface area (Å²) < 4.78 is 21.9. The first-order valence-electron chi connectivity index (χ1n) is 9.31. The number of benzene rings is 1. The average Bonchev–Trinajstić information content (AvgIpc) is 3.27. The van der Waals surface area contributed by atoms with E-state index in [-0.39, 0.29) is 24.0 Å². The zero-order valence-corrected chi connectivity index (χ0v) is 16.0. The zero-order chi connectivity index (χ0) is 20.2. The van der Waals surface area contributed by atoms with Crippen LogP contribution in [0.15, 0.2) is 49.1 Å². The van der Waals surface area contributed by atoms with Gasteiger partial charge in [0.25, 0.3) is 0 Å². The fourth-order valence-corrected chi connectivity index (χ4v) is 3.33. The quantitative estimate of drug-likeness (QED) is 0.655. The second-order valence-corrected chi connectivity index (χ2v) is 6.66. The number of hydrogen-bond donors (Lipinski definition) is 0. The Balaban J connectivity index is 1.45. The van der Waals surface area contributed by atoms with Gasteiger partial charge >= 0.3 is 0 Å². The van der Waals surface area contributed by atoms with Crippen molar-refractivity contribution in [2.45, 2.75) is 6.54 Å². The van der Waals surface area contributed by atoms with Crippen molar-refractivity contribution in [2.75, 3.05) is 38.2 Å². The van der Waals surface area contributed by atoms with Crippen molar-refractivity contribution in [3.8, 4) is 17.0 Å². The van der Waals surface area contributed by atoms with Crippen LogP contribution in [0.4, 0.5) is 10.2 Å². The largest absolute Gasteiger partial charge is 0.497 e. The third-order valence-corrected chi connectivity index (χ3v) is 4.92. The summed E-state index contributed by atoms with van der Waals surface area (Å²) in [7, 11) is 1.58. The van der Waals surface area contributed by atoms with Gasteiger partial charge < -0.3 is 14.5 Å². The zero-order valence-electron chi connectivity index (χ0n) is 16.0. The molecule has 2 aromatic heterocycles. The first-order valence-corrected chi connectivity index (χ1v) is 9.31. The van der Waals surface area contributed by atoms with E-state index in [2.05, 4.69) is 15.1 Å². The molecular weight excluding hydrogens is 375 g/mol. The van der Waals surface area contributed by atoms with Crippen LogP contribution in [-0.4, -0.2) is 63.8 Å². The maximum absolute atomic E-state index is 15.1. The van der Waals surface area contributed by atoms with Crippen LogP contribution in [0.25, 0.3) is 11.3 Å². The number of aromatic nitrogens is 4. The van der Waals surface area contributed by atoms with Gasteiger partial charge in [0, 0.05) is 44.1 Å². The van der Waals surface area contributed by atoms with Gasteiger partial charge in [-0.25, -0.2) is 14.4 Å². The van der Waals surface area contributed by atoms with Crippen LogP contribution in [0, 0.1) is 5.82 Å². The van der Waals surface area contributed by atoms with E-state index in [4.69, 9.17) is 4.74 Å². The third-order valence-electron chi connectivity index (χ3n) is 4.92. The summed E-state index contributed by atoms with van der Waals surface area (Å²) in [6, 6.07) is 8.84. The minimum Gasteiger partial charge on any atom is -0.497 e. The highest BCUT2D eigenvalue weighted by molar-refractivity contribution is 5.76. The number of ether oxygens (including phenoxy) is 1. The van der Waals surface area contributed by atoms with Crippen LogP contribution in [-0.2, 0) is 11.3 Å². The molecule has 1 amide bonds. The van der Waals surface area contributed by atoms with Crippen LogP contribution >= 0.6 is 0 Å². The average molecular weight is 396 g/mol. The first-order chi connectivity index (χ1) is 14.2. The number of methoxy groups -OCH3 is 1. The molecule has 1 fully saturated rings. The van der Waals surface area contributed by atoms with Crippen molar-refractivity contribution in [1.29, 1.82) is 0 Å². The Labute approximate surface area is 167 Å². The van der Waals surface area contributed by atoms with E-state index in [0.717, 1.165) is 0 Å². The van der Waals surface area contributed by atoms with Gasteiger partial charge in [-0.3, -0.25) is 9.48 Å². The van der Waals surface area contributed by atoms with Crippen LogP contribution in [0.3, 0.4) is 0 Å². The van der Waals surface area contributed by atoms with Gasteiger partial charge in [-0.1, -0.05) is 0 Å². The number of halogens is 1. The van der Waals surface area contributed by atoms with Crippen molar-refractivity contribution in [2.24, 2.45) is 0 Å². The molecule has 3 aromatic rings. The maximum atomic E-state index is 15.1. The van der Waals surface area contributed by atoms with Crippen LogP contribution in [0.2, 0.25) is 0 Å². The highest BCUT2D eigenvalue weighted by atomic mass is 19.1. The lowest BCUT2D eigenvalue weighted by atomic mass is 10.1. The highest BCUT2D eigenvalue weighted by Crippen LogP contribution is 2.28. The molecule has 0 radical (unpaired) electrons. The number of piperazine rings is 1. The summed E-state index contributed by atoms with van der Waals surface area (Å²) in [4.78, 5) is 24.3. The van der Waals surface area contributed by atoms with Crippen molar-refractivity contribution in [3.05, 3.63) is 54.9 Å². The lowest BCUT2D eigenvalue weighted by Crippen LogP contribution is -2.50. The first kappa shape index (κ1) is 18.9. The van der Waals surface area contributed by atoms with Gasteiger partial charge in [-0.15, -0.1) is 0 Å². The molecule has 0 saturated carbocycles. The van der Waals surface area contributed by atoms with Crippen LogP contribution in [0.1, 0.15) is 0 Å². The molecule has 0 unspecified atom stereocenters. The molecule has 3 heterocycles. The molecule has 0 spiro atoms. The van der Waals surface area contributed by atoms with Gasteiger partial charge in [0.1, 0.15) is 24.3 Å². The Morgan fingerprint density at radius 1 is 1.14 bits per heavy atom. The Hall–Kier alpha value is -3.49. The Morgan fingerprint density at radius 3 is 2.55 bits per heavy atom. The van der Waals surface area contributed by atoms with Gasteiger partial charge in [0.15, 0.2) is 11.6 Å². The smallest absolute Gasteiger partial charge is 0.244 e. The van der Waals surface area contributed by atoms with Gasteiger partial charge in [0.2, 0.25) is 5.91 Å². The van der Waals surface area contributed by atoms with Gasteiger partial charge in [-0.05, 0) is 30.3 Å². The maximum Gasteiger partial charge on any atom is 0.244 e. The number of rotatable bonds is 5. The van der Waals surface area contributed by atoms with Crippen LogP contribution in [0.5, 0.6) is 5.75 Å². The lowest BCUT2D eigenvalue weighted by Gasteiger charge is -2.35. The number of amides is 1. The fraction of sp³-hybridized carbons (Fsp3) is 0.300. The minimum atomic E-state index is -0.464. The molecule has 1 aliphatic rings. The van der Waals surface area contributed by atoms with Gasteiger partial charge in [-0.2, -0.15) is 5.10 Å². The molecule has 150 valence electrons. The molecule has 0 atom stereocenters. The Morgan fingerprint density at radius 2 is 1.90 bits per heavy atom. The van der Waals surface area contributed by atoms with E-state index in [1.165, 1.54) is 6.33 Å². The molecule has 1 aliphatic heterocycles. The molecule has 0 bridgehead atoms. The molecule has 8 nitrogen and oxygen atoms in total. The topological polar surface area (TPSA) is 76.4 Å².